The van der Waals surface area contributed by atoms with E-state index in [0.717, 1.165) is 11.8 Å². The molecule has 1 atom stereocenters. The molecule has 2 aromatic rings. The number of hydrogen-bond acceptors (Lipinski definition) is 1. The Bertz CT molecular complexity index is 474. The van der Waals surface area contributed by atoms with Crippen molar-refractivity contribution in [2.24, 2.45) is 0 Å². The lowest BCUT2D eigenvalue weighted by Crippen LogP contribution is -1.92. The number of phenols is 1. The van der Waals surface area contributed by atoms with Crippen LogP contribution in [0.25, 0.3) is 10.8 Å². The fourth-order valence-electron chi connectivity index (χ4n) is 1.97. The van der Waals surface area contributed by atoms with Gasteiger partial charge in [-0.15, -0.1) is 0 Å². The normalized spacial score (nSPS) is 12.9. The van der Waals surface area contributed by atoms with E-state index in [2.05, 4.69) is 26.0 Å². The number of benzene rings is 2. The van der Waals surface area contributed by atoms with Crippen molar-refractivity contribution in [3.8, 4) is 5.75 Å². The molecule has 0 radical (unpaired) electrons. The highest BCUT2D eigenvalue weighted by Crippen LogP contribution is 2.31. The van der Waals surface area contributed by atoms with Crippen molar-refractivity contribution < 1.29 is 5.11 Å². The Morgan fingerprint density at radius 2 is 1.73 bits per heavy atom. The maximum absolute atomic E-state index is 9.75. The van der Waals surface area contributed by atoms with Crippen LogP contribution in [0.3, 0.4) is 0 Å². The SMILES string of the molecule is CCC(C)c1cccc2c(O)cccc12. The molecule has 2 aromatic carbocycles. The lowest BCUT2D eigenvalue weighted by atomic mass is 9.93. The second kappa shape index (κ2) is 3.93. The van der Waals surface area contributed by atoms with Crippen LogP contribution in [-0.4, -0.2) is 5.11 Å². The summed E-state index contributed by atoms with van der Waals surface area (Å²) in [4.78, 5) is 0. The molecule has 0 saturated heterocycles. The molecule has 0 amide bonds. The minimum Gasteiger partial charge on any atom is -0.507 e. The average molecular weight is 200 g/mol. The minimum atomic E-state index is 0.373. The number of hydrogen-bond donors (Lipinski definition) is 1. The van der Waals surface area contributed by atoms with Crippen LogP contribution in [-0.2, 0) is 0 Å². The molecule has 0 spiro atoms. The second-order valence-corrected chi connectivity index (χ2v) is 4.03. The highest BCUT2D eigenvalue weighted by molar-refractivity contribution is 5.91. The molecule has 0 aliphatic heterocycles. The summed E-state index contributed by atoms with van der Waals surface area (Å²) < 4.78 is 0. The largest absolute Gasteiger partial charge is 0.507 e. The molecule has 15 heavy (non-hydrogen) atoms. The Balaban J connectivity index is 2.71. The lowest BCUT2D eigenvalue weighted by molar-refractivity contribution is 0.481. The van der Waals surface area contributed by atoms with Crippen LogP contribution >= 0.6 is 0 Å². The Morgan fingerprint density at radius 3 is 2.47 bits per heavy atom. The summed E-state index contributed by atoms with van der Waals surface area (Å²) in [6.07, 6.45) is 1.12. The van der Waals surface area contributed by atoms with Crippen LogP contribution in [0, 0.1) is 0 Å². The Kier molecular flexibility index (Phi) is 2.63. The highest BCUT2D eigenvalue weighted by Gasteiger charge is 2.08. The van der Waals surface area contributed by atoms with Crippen molar-refractivity contribution in [2.75, 3.05) is 0 Å². The van der Waals surface area contributed by atoms with Crippen LogP contribution in [0.2, 0.25) is 0 Å². The molecule has 1 unspecified atom stereocenters. The van der Waals surface area contributed by atoms with Gasteiger partial charge in [-0.2, -0.15) is 0 Å². The first-order valence-corrected chi connectivity index (χ1v) is 5.44. The summed E-state index contributed by atoms with van der Waals surface area (Å²) in [7, 11) is 0. The predicted molar refractivity (Wildman–Crippen MR) is 64.3 cm³/mol. The van der Waals surface area contributed by atoms with Crippen molar-refractivity contribution in [1.29, 1.82) is 0 Å². The van der Waals surface area contributed by atoms with Gasteiger partial charge in [0, 0.05) is 5.39 Å². The Hall–Kier alpha value is -1.50. The molecule has 0 aliphatic carbocycles. The van der Waals surface area contributed by atoms with E-state index in [0.29, 0.717) is 11.7 Å². The highest BCUT2D eigenvalue weighted by atomic mass is 16.3. The van der Waals surface area contributed by atoms with Gasteiger partial charge < -0.3 is 5.11 Å². The van der Waals surface area contributed by atoms with E-state index < -0.39 is 0 Å². The maximum atomic E-state index is 9.75. The van der Waals surface area contributed by atoms with E-state index in [1.54, 1.807) is 6.07 Å². The zero-order valence-corrected chi connectivity index (χ0v) is 9.20. The molecule has 2 rings (SSSR count). The molecular formula is C14H16O. The van der Waals surface area contributed by atoms with Gasteiger partial charge in [-0.25, -0.2) is 0 Å². The van der Waals surface area contributed by atoms with Crippen LogP contribution in [0.15, 0.2) is 36.4 Å². The molecule has 1 heteroatoms. The maximum Gasteiger partial charge on any atom is 0.123 e. The lowest BCUT2D eigenvalue weighted by Gasteiger charge is -2.12. The van der Waals surface area contributed by atoms with Gasteiger partial charge in [0.15, 0.2) is 0 Å². The van der Waals surface area contributed by atoms with Crippen molar-refractivity contribution >= 4 is 10.8 Å². The number of fused-ring (bicyclic) bond motifs is 1. The third-order valence-corrected chi connectivity index (χ3v) is 3.08. The van der Waals surface area contributed by atoms with Gasteiger partial charge in [0.1, 0.15) is 5.75 Å². The number of rotatable bonds is 2. The van der Waals surface area contributed by atoms with Gasteiger partial charge in [-0.1, -0.05) is 44.2 Å². The van der Waals surface area contributed by atoms with E-state index in [-0.39, 0.29) is 0 Å². The van der Waals surface area contributed by atoms with Crippen molar-refractivity contribution in [3.63, 3.8) is 0 Å². The van der Waals surface area contributed by atoms with Gasteiger partial charge in [0.25, 0.3) is 0 Å². The zero-order chi connectivity index (χ0) is 10.8. The minimum absolute atomic E-state index is 0.373. The molecule has 0 saturated carbocycles. The fraction of sp³-hybridized carbons (Fsp3) is 0.286. The van der Waals surface area contributed by atoms with Crippen molar-refractivity contribution in [1.82, 2.24) is 0 Å². The van der Waals surface area contributed by atoms with Gasteiger partial charge in [0.2, 0.25) is 0 Å². The summed E-state index contributed by atoms with van der Waals surface area (Å²) in [5.41, 5.74) is 1.32. The fourth-order valence-corrected chi connectivity index (χ4v) is 1.97. The monoisotopic (exact) mass is 200 g/mol. The second-order valence-electron chi connectivity index (χ2n) is 4.03. The molecule has 0 bridgehead atoms. The predicted octanol–water partition coefficient (Wildman–Crippen LogP) is 4.06. The standard InChI is InChI=1S/C14H16O/c1-3-10(2)11-6-4-8-13-12(11)7-5-9-14(13)15/h4-10,15H,3H2,1-2H3. The van der Waals surface area contributed by atoms with E-state index in [4.69, 9.17) is 0 Å². The molecule has 1 N–H and O–H groups in total. The molecule has 0 aliphatic rings. The smallest absolute Gasteiger partial charge is 0.123 e. The van der Waals surface area contributed by atoms with Crippen molar-refractivity contribution in [2.45, 2.75) is 26.2 Å². The van der Waals surface area contributed by atoms with Gasteiger partial charge in [-0.05, 0) is 29.4 Å². The van der Waals surface area contributed by atoms with E-state index >= 15 is 0 Å². The van der Waals surface area contributed by atoms with E-state index in [9.17, 15) is 5.11 Å². The van der Waals surface area contributed by atoms with E-state index in [1.807, 2.05) is 18.2 Å². The summed E-state index contributed by atoms with van der Waals surface area (Å²) in [5, 5.41) is 11.9. The third-order valence-electron chi connectivity index (χ3n) is 3.08. The van der Waals surface area contributed by atoms with Gasteiger partial charge in [0.05, 0.1) is 0 Å². The summed E-state index contributed by atoms with van der Waals surface area (Å²) >= 11 is 0. The van der Waals surface area contributed by atoms with E-state index in [1.165, 1.54) is 10.9 Å². The number of phenolic OH excluding ortho intramolecular Hbond substituents is 1. The molecule has 1 nitrogen and oxygen atoms in total. The van der Waals surface area contributed by atoms with Crippen LogP contribution in [0.1, 0.15) is 31.7 Å². The molecule has 0 heterocycles. The number of aromatic hydroxyl groups is 1. The van der Waals surface area contributed by atoms with Crippen molar-refractivity contribution in [3.05, 3.63) is 42.0 Å². The Labute approximate surface area is 90.4 Å². The first-order chi connectivity index (χ1) is 7.24. The molecular weight excluding hydrogens is 184 g/mol. The first-order valence-electron chi connectivity index (χ1n) is 5.44. The summed E-state index contributed by atoms with van der Waals surface area (Å²) in [6.45, 7) is 4.41. The molecule has 0 fully saturated rings. The van der Waals surface area contributed by atoms with Gasteiger partial charge in [-0.3, -0.25) is 0 Å². The molecule has 0 aromatic heterocycles. The van der Waals surface area contributed by atoms with Gasteiger partial charge >= 0.3 is 0 Å². The summed E-state index contributed by atoms with van der Waals surface area (Å²) in [5.74, 6) is 0.910. The zero-order valence-electron chi connectivity index (χ0n) is 9.20. The van der Waals surface area contributed by atoms with Crippen LogP contribution < -0.4 is 0 Å². The topological polar surface area (TPSA) is 20.2 Å². The third kappa shape index (κ3) is 1.70. The first kappa shape index (κ1) is 10.0. The quantitative estimate of drug-likeness (QED) is 0.775. The van der Waals surface area contributed by atoms with Crippen LogP contribution in [0.5, 0.6) is 5.75 Å². The summed E-state index contributed by atoms with van der Waals surface area (Å²) in [6, 6.07) is 11.9. The Morgan fingerprint density at radius 1 is 1.07 bits per heavy atom. The van der Waals surface area contributed by atoms with Crippen LogP contribution in [0.4, 0.5) is 0 Å². The average Bonchev–Trinajstić information content (AvgIpc) is 2.28. The molecule has 78 valence electrons.